The molecule has 2 N–H and O–H groups in total. The van der Waals surface area contributed by atoms with Gasteiger partial charge in [-0.3, -0.25) is 0 Å². The predicted octanol–water partition coefficient (Wildman–Crippen LogP) is 2.73. The lowest BCUT2D eigenvalue weighted by Gasteiger charge is -2.06. The van der Waals surface area contributed by atoms with Crippen LogP contribution in [0.5, 0.6) is 0 Å². The molecule has 0 atom stereocenters. The average molecular weight is 205 g/mol. The first kappa shape index (κ1) is 9.62. The molecule has 0 fully saturated rings. The van der Waals surface area contributed by atoms with Crippen LogP contribution in [-0.2, 0) is 0 Å². The van der Waals surface area contributed by atoms with Gasteiger partial charge in [-0.1, -0.05) is 28.8 Å². The monoisotopic (exact) mass is 204 g/mol. The molecule has 0 spiro atoms. The lowest BCUT2D eigenvalue weighted by molar-refractivity contribution is 1.00. The highest BCUT2D eigenvalue weighted by Gasteiger charge is 2.04. The van der Waals surface area contributed by atoms with E-state index in [-0.39, 0.29) is 0 Å². The van der Waals surface area contributed by atoms with Crippen LogP contribution in [0.15, 0.2) is 27.5 Å². The van der Waals surface area contributed by atoms with Gasteiger partial charge in [0.15, 0.2) is 0 Å². The van der Waals surface area contributed by atoms with Crippen molar-refractivity contribution in [1.29, 1.82) is 0 Å². The van der Waals surface area contributed by atoms with Gasteiger partial charge in [-0.15, -0.1) is 0 Å². The second kappa shape index (κ2) is 3.97. The third kappa shape index (κ3) is 2.54. The SMILES string of the molecule is C/C1=C(Cl)/C=C(N)\N=C(\Cl)CC1. The molecule has 0 aromatic heterocycles. The van der Waals surface area contributed by atoms with Crippen LogP contribution >= 0.6 is 23.2 Å². The molecule has 1 rings (SSSR count). The standard InChI is InChI=1S/C8H10Cl2N2/c1-5-2-3-7(10)12-8(11)4-6(5)9/h4H,2-3,11H2,1H3/b6-5+,8-4-,12-7+. The zero-order valence-corrected chi connectivity index (χ0v) is 8.28. The van der Waals surface area contributed by atoms with Gasteiger partial charge < -0.3 is 5.73 Å². The summed E-state index contributed by atoms with van der Waals surface area (Å²) in [6.07, 6.45) is 3.17. The molecule has 0 radical (unpaired) electrons. The zero-order valence-electron chi connectivity index (χ0n) is 6.77. The largest absolute Gasteiger partial charge is 0.384 e. The summed E-state index contributed by atoms with van der Waals surface area (Å²) in [4.78, 5) is 3.92. The molecular formula is C8H10Cl2N2. The van der Waals surface area contributed by atoms with E-state index in [9.17, 15) is 0 Å². The third-order valence-electron chi connectivity index (χ3n) is 1.64. The summed E-state index contributed by atoms with van der Waals surface area (Å²) in [6, 6.07) is 0. The van der Waals surface area contributed by atoms with Crippen molar-refractivity contribution in [2.45, 2.75) is 19.8 Å². The first-order chi connectivity index (χ1) is 5.59. The van der Waals surface area contributed by atoms with E-state index in [4.69, 9.17) is 28.9 Å². The van der Waals surface area contributed by atoms with Gasteiger partial charge in [0.1, 0.15) is 11.0 Å². The van der Waals surface area contributed by atoms with E-state index in [1.165, 1.54) is 0 Å². The van der Waals surface area contributed by atoms with E-state index in [1.54, 1.807) is 6.08 Å². The molecule has 0 aliphatic carbocycles. The van der Waals surface area contributed by atoms with Crippen molar-refractivity contribution in [3.8, 4) is 0 Å². The van der Waals surface area contributed by atoms with E-state index in [0.29, 0.717) is 22.4 Å². The number of nitrogens with two attached hydrogens (primary N) is 1. The van der Waals surface area contributed by atoms with Crippen LogP contribution in [0.25, 0.3) is 0 Å². The second-order valence-corrected chi connectivity index (χ2v) is 3.53. The summed E-state index contributed by atoms with van der Waals surface area (Å²) in [6.45, 7) is 1.96. The van der Waals surface area contributed by atoms with Gasteiger partial charge in [0.2, 0.25) is 0 Å². The van der Waals surface area contributed by atoms with E-state index in [0.717, 1.165) is 12.0 Å². The fourth-order valence-electron chi connectivity index (χ4n) is 0.891. The highest BCUT2D eigenvalue weighted by molar-refractivity contribution is 6.65. The Hall–Kier alpha value is -0.470. The minimum absolute atomic E-state index is 0.365. The molecular weight excluding hydrogens is 195 g/mol. The number of rotatable bonds is 0. The van der Waals surface area contributed by atoms with Gasteiger partial charge in [0.25, 0.3) is 0 Å². The maximum Gasteiger partial charge on any atom is 0.126 e. The minimum atomic E-state index is 0.365. The van der Waals surface area contributed by atoms with Gasteiger partial charge >= 0.3 is 0 Å². The Bertz CT molecular complexity index is 277. The van der Waals surface area contributed by atoms with Crippen molar-refractivity contribution < 1.29 is 0 Å². The summed E-state index contributed by atoms with van der Waals surface area (Å²) in [5, 5.41) is 1.20. The molecule has 0 saturated carbocycles. The lowest BCUT2D eigenvalue weighted by atomic mass is 10.1. The Morgan fingerprint density at radius 3 is 2.75 bits per heavy atom. The first-order valence-corrected chi connectivity index (χ1v) is 4.40. The molecule has 0 bridgehead atoms. The summed E-state index contributed by atoms with van der Waals surface area (Å²) in [5.41, 5.74) is 6.61. The van der Waals surface area contributed by atoms with E-state index in [1.807, 2.05) is 6.92 Å². The van der Waals surface area contributed by atoms with Crippen LogP contribution in [-0.4, -0.2) is 5.17 Å². The second-order valence-electron chi connectivity index (χ2n) is 2.69. The van der Waals surface area contributed by atoms with Crippen LogP contribution in [0.3, 0.4) is 0 Å². The van der Waals surface area contributed by atoms with E-state index < -0.39 is 0 Å². The van der Waals surface area contributed by atoms with Crippen LogP contribution in [0.1, 0.15) is 19.8 Å². The smallest absolute Gasteiger partial charge is 0.126 e. The molecule has 0 amide bonds. The fraction of sp³-hybridized carbons (Fsp3) is 0.375. The molecule has 66 valence electrons. The Morgan fingerprint density at radius 2 is 2.08 bits per heavy atom. The molecule has 1 aliphatic heterocycles. The first-order valence-electron chi connectivity index (χ1n) is 3.65. The summed E-state index contributed by atoms with van der Waals surface area (Å²) < 4.78 is 0. The summed E-state index contributed by atoms with van der Waals surface area (Å²) in [5.74, 6) is 0.365. The number of allylic oxidation sites excluding steroid dienone is 3. The van der Waals surface area contributed by atoms with Gasteiger partial charge in [0.05, 0.1) is 0 Å². The van der Waals surface area contributed by atoms with Crippen molar-refractivity contribution in [2.24, 2.45) is 10.7 Å². The Labute approximate surface area is 81.8 Å². The topological polar surface area (TPSA) is 38.4 Å². The number of aliphatic imine (C=N–C) groups is 1. The Morgan fingerprint density at radius 1 is 1.42 bits per heavy atom. The molecule has 0 aromatic rings. The third-order valence-corrected chi connectivity index (χ3v) is 2.34. The molecule has 4 heteroatoms. The molecule has 12 heavy (non-hydrogen) atoms. The lowest BCUT2D eigenvalue weighted by Crippen LogP contribution is -2.01. The van der Waals surface area contributed by atoms with Crippen molar-refractivity contribution >= 4 is 28.4 Å². The number of halogens is 2. The van der Waals surface area contributed by atoms with Gasteiger partial charge in [0, 0.05) is 11.5 Å². The number of nitrogens with zero attached hydrogens (tertiary/aromatic N) is 1. The minimum Gasteiger partial charge on any atom is -0.384 e. The van der Waals surface area contributed by atoms with Crippen LogP contribution in [0.2, 0.25) is 0 Å². The predicted molar refractivity (Wildman–Crippen MR) is 53.3 cm³/mol. The maximum absolute atomic E-state index is 5.90. The Kier molecular flexibility index (Phi) is 3.18. The molecule has 1 aliphatic rings. The van der Waals surface area contributed by atoms with Gasteiger partial charge in [-0.25, -0.2) is 4.99 Å². The quantitative estimate of drug-likeness (QED) is 0.648. The maximum atomic E-state index is 5.90. The Balaban J connectivity index is 2.99. The van der Waals surface area contributed by atoms with Gasteiger partial charge in [-0.05, 0) is 19.4 Å². The molecule has 0 aromatic carbocycles. The van der Waals surface area contributed by atoms with Crippen molar-refractivity contribution in [2.75, 3.05) is 0 Å². The average Bonchev–Trinajstić information content (AvgIpc) is 1.98. The van der Waals surface area contributed by atoms with E-state index >= 15 is 0 Å². The van der Waals surface area contributed by atoms with Crippen LogP contribution in [0.4, 0.5) is 0 Å². The van der Waals surface area contributed by atoms with Crippen molar-refractivity contribution in [1.82, 2.24) is 0 Å². The number of hydrogen-bond acceptors (Lipinski definition) is 2. The molecule has 2 nitrogen and oxygen atoms in total. The number of hydrogen-bond donors (Lipinski definition) is 1. The highest BCUT2D eigenvalue weighted by Crippen LogP contribution is 2.20. The van der Waals surface area contributed by atoms with Crippen LogP contribution in [0, 0.1) is 0 Å². The van der Waals surface area contributed by atoms with Crippen molar-refractivity contribution in [3.05, 3.63) is 22.5 Å². The van der Waals surface area contributed by atoms with Crippen molar-refractivity contribution in [3.63, 3.8) is 0 Å². The summed E-state index contributed by atoms with van der Waals surface area (Å²) in [7, 11) is 0. The summed E-state index contributed by atoms with van der Waals surface area (Å²) >= 11 is 11.7. The fourth-order valence-corrected chi connectivity index (χ4v) is 1.29. The normalized spacial score (nSPS) is 34.2. The highest BCUT2D eigenvalue weighted by atomic mass is 35.5. The zero-order chi connectivity index (χ0) is 9.14. The molecule has 0 saturated heterocycles. The van der Waals surface area contributed by atoms with Gasteiger partial charge in [-0.2, -0.15) is 0 Å². The molecule has 1 heterocycles. The van der Waals surface area contributed by atoms with Crippen LogP contribution < -0.4 is 5.73 Å². The van der Waals surface area contributed by atoms with E-state index in [2.05, 4.69) is 4.99 Å². The molecule has 0 unspecified atom stereocenters.